The van der Waals surface area contributed by atoms with Crippen molar-refractivity contribution in [2.24, 2.45) is 0 Å². The molecule has 2 aromatic heterocycles. The Balaban J connectivity index is 2.25. The molecule has 2 heterocycles. The van der Waals surface area contributed by atoms with Crippen molar-refractivity contribution in [2.45, 2.75) is 13.3 Å². The van der Waals surface area contributed by atoms with Gasteiger partial charge in [0.05, 0.1) is 0 Å². The maximum atomic E-state index is 12.4. The third-order valence-corrected chi connectivity index (χ3v) is 2.87. The van der Waals surface area contributed by atoms with Gasteiger partial charge in [0.2, 0.25) is 0 Å². The van der Waals surface area contributed by atoms with Crippen LogP contribution in [0.5, 0.6) is 0 Å². The zero-order valence-electron chi connectivity index (χ0n) is 11.6. The SMILES string of the molecule is CCCN(CC(=O)O)C(=O)c1ccnc(-n2ccnc2)c1. The molecule has 7 heteroatoms. The van der Waals surface area contributed by atoms with Gasteiger partial charge in [-0.3, -0.25) is 14.2 Å². The van der Waals surface area contributed by atoms with Crippen molar-refractivity contribution in [1.82, 2.24) is 19.4 Å². The number of amides is 1. The molecule has 0 saturated carbocycles. The van der Waals surface area contributed by atoms with Crippen LogP contribution in [0.3, 0.4) is 0 Å². The van der Waals surface area contributed by atoms with Gasteiger partial charge in [-0.25, -0.2) is 9.97 Å². The van der Waals surface area contributed by atoms with E-state index in [1.807, 2.05) is 6.92 Å². The van der Waals surface area contributed by atoms with Gasteiger partial charge in [0, 0.05) is 30.7 Å². The molecule has 1 N–H and O–H groups in total. The topological polar surface area (TPSA) is 88.3 Å². The van der Waals surface area contributed by atoms with Gasteiger partial charge < -0.3 is 10.0 Å². The van der Waals surface area contributed by atoms with Crippen LogP contribution in [0.2, 0.25) is 0 Å². The smallest absolute Gasteiger partial charge is 0.323 e. The number of aromatic nitrogens is 3. The first kappa shape index (κ1) is 14.7. The summed E-state index contributed by atoms with van der Waals surface area (Å²) in [5.41, 5.74) is 0.406. The highest BCUT2D eigenvalue weighted by Crippen LogP contribution is 2.10. The van der Waals surface area contributed by atoms with Crippen LogP contribution in [0.15, 0.2) is 37.1 Å². The predicted molar refractivity (Wildman–Crippen MR) is 75.2 cm³/mol. The number of hydrogen-bond acceptors (Lipinski definition) is 4. The molecular weight excluding hydrogens is 272 g/mol. The molecule has 0 aliphatic carbocycles. The first-order chi connectivity index (χ1) is 10.1. The number of carbonyl (C=O) groups excluding carboxylic acids is 1. The van der Waals surface area contributed by atoms with Crippen LogP contribution in [0.25, 0.3) is 5.82 Å². The van der Waals surface area contributed by atoms with Gasteiger partial charge in [0.25, 0.3) is 5.91 Å². The standard InChI is InChI=1S/C14H16N4O3/c1-2-6-17(9-13(19)20)14(21)11-3-4-16-12(8-11)18-7-5-15-10-18/h3-5,7-8,10H,2,6,9H2,1H3,(H,19,20). The van der Waals surface area contributed by atoms with E-state index in [2.05, 4.69) is 9.97 Å². The molecule has 0 fully saturated rings. The monoisotopic (exact) mass is 288 g/mol. The van der Waals surface area contributed by atoms with Crippen molar-refractivity contribution in [3.8, 4) is 5.82 Å². The van der Waals surface area contributed by atoms with E-state index in [0.29, 0.717) is 24.3 Å². The Hall–Kier alpha value is -2.70. The van der Waals surface area contributed by atoms with E-state index in [4.69, 9.17) is 5.11 Å². The van der Waals surface area contributed by atoms with Gasteiger partial charge in [0.15, 0.2) is 0 Å². The molecule has 0 saturated heterocycles. The lowest BCUT2D eigenvalue weighted by molar-refractivity contribution is -0.137. The summed E-state index contributed by atoms with van der Waals surface area (Å²) in [6.07, 6.45) is 7.13. The maximum absolute atomic E-state index is 12.4. The fourth-order valence-corrected chi connectivity index (χ4v) is 1.96. The zero-order chi connectivity index (χ0) is 15.2. The summed E-state index contributed by atoms with van der Waals surface area (Å²) in [4.78, 5) is 32.7. The summed E-state index contributed by atoms with van der Waals surface area (Å²) in [5.74, 6) is -0.783. The Morgan fingerprint density at radius 2 is 2.19 bits per heavy atom. The van der Waals surface area contributed by atoms with Crippen molar-refractivity contribution < 1.29 is 14.7 Å². The normalized spacial score (nSPS) is 10.3. The van der Waals surface area contributed by atoms with Crippen molar-refractivity contribution in [3.05, 3.63) is 42.6 Å². The Morgan fingerprint density at radius 1 is 1.38 bits per heavy atom. The van der Waals surface area contributed by atoms with Gasteiger partial charge in [0.1, 0.15) is 18.7 Å². The number of hydrogen-bond donors (Lipinski definition) is 1. The second-order valence-electron chi connectivity index (χ2n) is 4.49. The van der Waals surface area contributed by atoms with Crippen LogP contribution < -0.4 is 0 Å². The highest BCUT2D eigenvalue weighted by Gasteiger charge is 2.18. The van der Waals surface area contributed by atoms with E-state index in [-0.39, 0.29) is 12.5 Å². The predicted octanol–water partition coefficient (Wildman–Crippen LogP) is 1.20. The Bertz CT molecular complexity index is 625. The van der Waals surface area contributed by atoms with Crippen LogP contribution in [-0.2, 0) is 4.79 Å². The lowest BCUT2D eigenvalue weighted by atomic mass is 10.2. The van der Waals surface area contributed by atoms with Crippen LogP contribution in [0.1, 0.15) is 23.7 Å². The number of nitrogens with zero attached hydrogens (tertiary/aromatic N) is 4. The van der Waals surface area contributed by atoms with Gasteiger partial charge in [-0.1, -0.05) is 6.92 Å². The van der Waals surface area contributed by atoms with Gasteiger partial charge in [-0.15, -0.1) is 0 Å². The summed E-state index contributed by atoms with van der Waals surface area (Å²) in [5, 5.41) is 8.89. The first-order valence-electron chi connectivity index (χ1n) is 6.57. The fraction of sp³-hybridized carbons (Fsp3) is 0.286. The van der Waals surface area contributed by atoms with E-state index in [0.717, 1.165) is 0 Å². The highest BCUT2D eigenvalue weighted by molar-refractivity contribution is 5.96. The summed E-state index contributed by atoms with van der Waals surface area (Å²) in [6.45, 7) is 1.98. The van der Waals surface area contributed by atoms with E-state index in [1.54, 1.807) is 35.4 Å². The first-order valence-corrected chi connectivity index (χ1v) is 6.57. The molecule has 1 amide bonds. The number of carbonyl (C=O) groups is 2. The van der Waals surface area contributed by atoms with Crippen molar-refractivity contribution >= 4 is 11.9 Å². The minimum Gasteiger partial charge on any atom is -0.480 e. The Morgan fingerprint density at radius 3 is 2.81 bits per heavy atom. The molecule has 0 aliphatic heterocycles. The van der Waals surface area contributed by atoms with Crippen molar-refractivity contribution in [3.63, 3.8) is 0 Å². The quantitative estimate of drug-likeness (QED) is 0.863. The number of imidazole rings is 1. The average molecular weight is 288 g/mol. The summed E-state index contributed by atoms with van der Waals surface area (Å²) in [6, 6.07) is 3.20. The fourth-order valence-electron chi connectivity index (χ4n) is 1.96. The van der Waals surface area contributed by atoms with Crippen LogP contribution in [0, 0.1) is 0 Å². The minimum absolute atomic E-state index is 0.310. The molecule has 7 nitrogen and oxygen atoms in total. The molecule has 0 atom stereocenters. The molecule has 0 spiro atoms. The number of carboxylic acids is 1. The molecular formula is C14H16N4O3. The van der Waals surface area contributed by atoms with Gasteiger partial charge in [-0.2, -0.15) is 0 Å². The summed E-state index contributed by atoms with van der Waals surface area (Å²) < 4.78 is 1.68. The van der Waals surface area contributed by atoms with E-state index >= 15 is 0 Å². The van der Waals surface area contributed by atoms with Crippen molar-refractivity contribution in [1.29, 1.82) is 0 Å². The Labute approximate surface area is 121 Å². The molecule has 2 aromatic rings. The molecule has 0 aliphatic rings. The van der Waals surface area contributed by atoms with Crippen molar-refractivity contribution in [2.75, 3.05) is 13.1 Å². The largest absolute Gasteiger partial charge is 0.480 e. The third kappa shape index (κ3) is 3.65. The number of aliphatic carboxylic acids is 1. The van der Waals surface area contributed by atoms with Crippen LogP contribution in [-0.4, -0.2) is 49.5 Å². The zero-order valence-corrected chi connectivity index (χ0v) is 11.6. The molecule has 110 valence electrons. The number of carboxylic acid groups (broad SMARTS) is 1. The van der Waals surface area contributed by atoms with Gasteiger partial charge >= 0.3 is 5.97 Å². The third-order valence-electron chi connectivity index (χ3n) is 2.87. The molecule has 21 heavy (non-hydrogen) atoms. The molecule has 0 aromatic carbocycles. The lowest BCUT2D eigenvalue weighted by Crippen LogP contribution is -2.36. The highest BCUT2D eigenvalue weighted by atomic mass is 16.4. The molecule has 0 radical (unpaired) electrons. The Kier molecular flexibility index (Phi) is 4.65. The average Bonchev–Trinajstić information content (AvgIpc) is 3.00. The van der Waals surface area contributed by atoms with Crippen LogP contribution >= 0.6 is 0 Å². The van der Waals surface area contributed by atoms with E-state index in [9.17, 15) is 9.59 Å². The summed E-state index contributed by atoms with van der Waals surface area (Å²) in [7, 11) is 0. The van der Waals surface area contributed by atoms with Gasteiger partial charge in [-0.05, 0) is 18.6 Å². The van der Waals surface area contributed by atoms with E-state index < -0.39 is 5.97 Å². The lowest BCUT2D eigenvalue weighted by Gasteiger charge is -2.20. The molecule has 0 bridgehead atoms. The second kappa shape index (κ2) is 6.65. The minimum atomic E-state index is -1.03. The van der Waals surface area contributed by atoms with E-state index in [1.165, 1.54) is 11.1 Å². The molecule has 2 rings (SSSR count). The maximum Gasteiger partial charge on any atom is 0.323 e. The number of rotatable bonds is 6. The second-order valence-corrected chi connectivity index (χ2v) is 4.49. The molecule has 0 unspecified atom stereocenters. The van der Waals surface area contributed by atoms with Crippen LogP contribution in [0.4, 0.5) is 0 Å². The number of pyridine rings is 1. The summed E-state index contributed by atoms with van der Waals surface area (Å²) >= 11 is 0.